The van der Waals surface area contributed by atoms with E-state index in [2.05, 4.69) is 24.1 Å². The fraction of sp³-hybridized carbons (Fsp3) is 1.00. The Morgan fingerprint density at radius 2 is 2.06 bits per heavy atom. The Bertz CT molecular complexity index is 230. The molecule has 1 saturated heterocycles. The molecule has 1 aliphatic carbocycles. The molecule has 0 bridgehead atoms. The van der Waals surface area contributed by atoms with Gasteiger partial charge in [-0.1, -0.05) is 6.92 Å². The third-order valence-electron chi connectivity index (χ3n) is 4.24. The smallest absolute Gasteiger partial charge is 0.0630 e. The standard InChI is InChI=1S/C14H28N2O/c1-11-6-7-16(12(2)8-11)14(10-17-3)9-15-13-4-5-13/h11-15H,4-10H2,1-3H3. The molecule has 0 aromatic rings. The largest absolute Gasteiger partial charge is 0.383 e. The molecule has 2 aliphatic rings. The first-order valence-corrected chi connectivity index (χ1v) is 7.18. The first-order valence-electron chi connectivity index (χ1n) is 7.18. The van der Waals surface area contributed by atoms with E-state index < -0.39 is 0 Å². The summed E-state index contributed by atoms with van der Waals surface area (Å²) in [6, 6.07) is 2.07. The van der Waals surface area contributed by atoms with E-state index in [1.54, 1.807) is 0 Å². The van der Waals surface area contributed by atoms with Gasteiger partial charge in [-0.15, -0.1) is 0 Å². The van der Waals surface area contributed by atoms with Crippen LogP contribution in [0, 0.1) is 5.92 Å². The number of methoxy groups -OCH3 is 1. The second-order valence-corrected chi connectivity index (χ2v) is 6.01. The van der Waals surface area contributed by atoms with Crippen molar-refractivity contribution in [2.24, 2.45) is 5.92 Å². The van der Waals surface area contributed by atoms with Gasteiger partial charge in [0.05, 0.1) is 6.61 Å². The van der Waals surface area contributed by atoms with Gasteiger partial charge in [0, 0.05) is 31.8 Å². The van der Waals surface area contributed by atoms with Gasteiger partial charge in [0.2, 0.25) is 0 Å². The molecular formula is C14H28N2O. The zero-order valence-electron chi connectivity index (χ0n) is 11.6. The molecule has 3 nitrogen and oxygen atoms in total. The van der Waals surface area contributed by atoms with Gasteiger partial charge in [-0.25, -0.2) is 0 Å². The fourth-order valence-electron chi connectivity index (χ4n) is 3.02. The van der Waals surface area contributed by atoms with Gasteiger partial charge >= 0.3 is 0 Å². The molecule has 1 aliphatic heterocycles. The van der Waals surface area contributed by atoms with Gasteiger partial charge in [-0.05, 0) is 45.1 Å². The van der Waals surface area contributed by atoms with Crippen molar-refractivity contribution in [1.29, 1.82) is 0 Å². The van der Waals surface area contributed by atoms with E-state index in [9.17, 15) is 0 Å². The van der Waals surface area contributed by atoms with Crippen molar-refractivity contribution in [2.45, 2.75) is 57.7 Å². The van der Waals surface area contributed by atoms with E-state index in [1.165, 1.54) is 32.2 Å². The summed E-state index contributed by atoms with van der Waals surface area (Å²) in [6.07, 6.45) is 5.41. The Balaban J connectivity index is 1.84. The van der Waals surface area contributed by atoms with Crippen LogP contribution >= 0.6 is 0 Å². The summed E-state index contributed by atoms with van der Waals surface area (Å²) in [4.78, 5) is 2.65. The quantitative estimate of drug-likeness (QED) is 0.767. The molecule has 0 aromatic heterocycles. The third-order valence-corrected chi connectivity index (χ3v) is 4.24. The summed E-state index contributed by atoms with van der Waals surface area (Å²) in [7, 11) is 1.82. The van der Waals surface area contributed by atoms with Crippen LogP contribution in [-0.4, -0.2) is 49.8 Å². The van der Waals surface area contributed by atoms with Crippen molar-refractivity contribution in [3.05, 3.63) is 0 Å². The lowest BCUT2D eigenvalue weighted by molar-refractivity contribution is 0.0338. The zero-order valence-corrected chi connectivity index (χ0v) is 11.6. The van der Waals surface area contributed by atoms with E-state index in [0.717, 1.165) is 25.1 Å². The molecule has 2 fully saturated rings. The number of likely N-dealkylation sites (tertiary alicyclic amines) is 1. The van der Waals surface area contributed by atoms with Gasteiger partial charge in [-0.3, -0.25) is 4.90 Å². The normalized spacial score (nSPS) is 32.6. The third kappa shape index (κ3) is 3.94. The van der Waals surface area contributed by atoms with Gasteiger partial charge in [0.15, 0.2) is 0 Å². The Kier molecular flexibility index (Phi) is 4.83. The monoisotopic (exact) mass is 240 g/mol. The van der Waals surface area contributed by atoms with Crippen LogP contribution in [0.25, 0.3) is 0 Å². The molecule has 0 aromatic carbocycles. The van der Waals surface area contributed by atoms with Crippen molar-refractivity contribution in [2.75, 3.05) is 26.8 Å². The van der Waals surface area contributed by atoms with Gasteiger partial charge < -0.3 is 10.1 Å². The van der Waals surface area contributed by atoms with Crippen LogP contribution < -0.4 is 5.32 Å². The predicted molar refractivity (Wildman–Crippen MR) is 71.3 cm³/mol. The summed E-state index contributed by atoms with van der Waals surface area (Å²) in [6.45, 7) is 7.94. The van der Waals surface area contributed by atoms with E-state index >= 15 is 0 Å². The number of rotatable bonds is 6. The Labute approximate surface area is 106 Å². The van der Waals surface area contributed by atoms with Crippen LogP contribution in [0.2, 0.25) is 0 Å². The predicted octanol–water partition coefficient (Wildman–Crippen LogP) is 1.87. The van der Waals surface area contributed by atoms with Gasteiger partial charge in [0.25, 0.3) is 0 Å². The second kappa shape index (κ2) is 6.17. The zero-order chi connectivity index (χ0) is 12.3. The molecule has 0 amide bonds. The van der Waals surface area contributed by atoms with Gasteiger partial charge in [-0.2, -0.15) is 0 Å². The number of hydrogen-bond acceptors (Lipinski definition) is 3. The molecule has 0 radical (unpaired) electrons. The lowest BCUT2D eigenvalue weighted by Gasteiger charge is -2.41. The van der Waals surface area contributed by atoms with E-state index in [4.69, 9.17) is 4.74 Å². The van der Waals surface area contributed by atoms with Crippen molar-refractivity contribution in [3.63, 3.8) is 0 Å². The summed E-state index contributed by atoms with van der Waals surface area (Å²) >= 11 is 0. The minimum absolute atomic E-state index is 0.558. The average molecular weight is 240 g/mol. The molecule has 100 valence electrons. The molecular weight excluding hydrogens is 212 g/mol. The van der Waals surface area contributed by atoms with Crippen LogP contribution in [0.3, 0.4) is 0 Å². The van der Waals surface area contributed by atoms with Crippen LogP contribution in [0.1, 0.15) is 39.5 Å². The topological polar surface area (TPSA) is 24.5 Å². The highest BCUT2D eigenvalue weighted by atomic mass is 16.5. The Morgan fingerprint density at radius 1 is 1.29 bits per heavy atom. The number of piperidine rings is 1. The number of hydrogen-bond donors (Lipinski definition) is 1. The number of nitrogens with one attached hydrogen (secondary N) is 1. The molecule has 1 heterocycles. The van der Waals surface area contributed by atoms with Crippen LogP contribution in [-0.2, 0) is 4.74 Å². The maximum Gasteiger partial charge on any atom is 0.0630 e. The minimum Gasteiger partial charge on any atom is -0.383 e. The van der Waals surface area contributed by atoms with Crippen molar-refractivity contribution in [1.82, 2.24) is 10.2 Å². The van der Waals surface area contributed by atoms with Crippen LogP contribution in [0.5, 0.6) is 0 Å². The SMILES string of the molecule is COCC(CNC1CC1)N1CCC(C)CC1C. The van der Waals surface area contributed by atoms with Crippen LogP contribution in [0.15, 0.2) is 0 Å². The molecule has 3 heteroatoms. The summed E-state index contributed by atoms with van der Waals surface area (Å²) in [5.41, 5.74) is 0. The fourth-order valence-corrected chi connectivity index (χ4v) is 3.02. The molecule has 1 N–H and O–H groups in total. The lowest BCUT2D eigenvalue weighted by atomic mass is 9.92. The Hall–Kier alpha value is -0.120. The van der Waals surface area contributed by atoms with E-state index in [-0.39, 0.29) is 0 Å². The van der Waals surface area contributed by atoms with Crippen LogP contribution in [0.4, 0.5) is 0 Å². The minimum atomic E-state index is 0.558. The lowest BCUT2D eigenvalue weighted by Crippen LogP contribution is -2.52. The first-order chi connectivity index (χ1) is 8.20. The maximum atomic E-state index is 5.40. The van der Waals surface area contributed by atoms with Crippen molar-refractivity contribution < 1.29 is 4.74 Å². The maximum absolute atomic E-state index is 5.40. The summed E-state index contributed by atoms with van der Waals surface area (Å²) < 4.78 is 5.40. The molecule has 1 saturated carbocycles. The van der Waals surface area contributed by atoms with Crippen molar-refractivity contribution in [3.8, 4) is 0 Å². The summed E-state index contributed by atoms with van der Waals surface area (Å²) in [5.74, 6) is 0.890. The molecule has 17 heavy (non-hydrogen) atoms. The second-order valence-electron chi connectivity index (χ2n) is 6.01. The number of nitrogens with zero attached hydrogens (tertiary/aromatic N) is 1. The van der Waals surface area contributed by atoms with Crippen molar-refractivity contribution >= 4 is 0 Å². The average Bonchev–Trinajstić information content (AvgIpc) is 3.09. The highest BCUT2D eigenvalue weighted by Crippen LogP contribution is 2.25. The highest BCUT2D eigenvalue weighted by molar-refractivity contribution is 4.87. The van der Waals surface area contributed by atoms with Gasteiger partial charge in [0.1, 0.15) is 0 Å². The summed E-state index contributed by atoms with van der Waals surface area (Å²) in [5, 5.41) is 3.65. The van der Waals surface area contributed by atoms with E-state index in [0.29, 0.717) is 12.1 Å². The first kappa shape index (κ1) is 13.3. The Morgan fingerprint density at radius 3 is 2.65 bits per heavy atom. The molecule has 2 rings (SSSR count). The highest BCUT2D eigenvalue weighted by Gasteiger charge is 2.30. The van der Waals surface area contributed by atoms with E-state index in [1.807, 2.05) is 7.11 Å². The molecule has 3 unspecified atom stereocenters. The molecule has 0 spiro atoms. The molecule has 3 atom stereocenters. The number of ether oxygens (including phenoxy) is 1.